The third-order valence-electron chi connectivity index (χ3n) is 4.94. The van der Waals surface area contributed by atoms with Crippen LogP contribution in [0.1, 0.15) is 12.0 Å². The Morgan fingerprint density at radius 3 is 3.08 bits per heavy atom. The third-order valence-corrected chi connectivity index (χ3v) is 4.94. The van der Waals surface area contributed by atoms with Gasteiger partial charge >= 0.3 is 6.03 Å². The van der Waals surface area contributed by atoms with Gasteiger partial charge < -0.3 is 15.0 Å². The second-order valence-electron chi connectivity index (χ2n) is 6.74. The number of carbonyl (C=O) groups is 1. The summed E-state index contributed by atoms with van der Waals surface area (Å²) in [6.45, 7) is 8.94. The highest BCUT2D eigenvalue weighted by Crippen LogP contribution is 2.24. The van der Waals surface area contributed by atoms with E-state index in [-0.39, 0.29) is 18.0 Å². The Bertz CT molecular complexity index is 610. The number of hydrogen-bond acceptors (Lipinski definition) is 3. The Hall–Kier alpha value is -1.92. The lowest BCUT2D eigenvalue weighted by molar-refractivity contribution is -0.0111. The van der Waals surface area contributed by atoms with Crippen LogP contribution < -0.4 is 5.32 Å². The van der Waals surface area contributed by atoms with Crippen LogP contribution in [0.3, 0.4) is 0 Å². The van der Waals surface area contributed by atoms with Crippen molar-refractivity contribution in [1.82, 2.24) is 15.1 Å². The molecule has 0 aliphatic carbocycles. The summed E-state index contributed by atoms with van der Waals surface area (Å²) >= 11 is 0. The molecule has 6 heteroatoms. The Labute approximate surface area is 148 Å². The van der Waals surface area contributed by atoms with Crippen LogP contribution in [0.5, 0.6) is 0 Å². The number of hydrogen-bond donors (Lipinski definition) is 1. The molecule has 0 radical (unpaired) electrons. The number of likely N-dealkylation sites (tertiary alicyclic amines) is 1. The van der Waals surface area contributed by atoms with Gasteiger partial charge in [0.1, 0.15) is 5.82 Å². The standard InChI is InChI=1S/C19H26FN3O2/c1-2-7-22-9-10-25-18-14-23(8-6-16(18)13-22)19(24)21-12-15-4-3-5-17(20)11-15/h2-5,11,16,18H,1,6-10,12-14H2,(H,21,24)/t16-,18-/m0/s1. The highest BCUT2D eigenvalue weighted by molar-refractivity contribution is 5.74. The molecule has 1 N–H and O–H groups in total. The van der Waals surface area contributed by atoms with E-state index in [1.807, 2.05) is 11.0 Å². The lowest BCUT2D eigenvalue weighted by Gasteiger charge is -2.37. The van der Waals surface area contributed by atoms with Crippen molar-refractivity contribution >= 4 is 6.03 Å². The van der Waals surface area contributed by atoms with E-state index in [1.54, 1.807) is 12.1 Å². The molecular weight excluding hydrogens is 321 g/mol. The van der Waals surface area contributed by atoms with Gasteiger partial charge in [-0.05, 0) is 24.1 Å². The predicted molar refractivity (Wildman–Crippen MR) is 94.7 cm³/mol. The fraction of sp³-hybridized carbons (Fsp3) is 0.526. The molecule has 2 atom stereocenters. The zero-order valence-corrected chi connectivity index (χ0v) is 14.5. The van der Waals surface area contributed by atoms with Crippen LogP contribution in [0.25, 0.3) is 0 Å². The second kappa shape index (κ2) is 8.45. The first-order valence-corrected chi connectivity index (χ1v) is 8.88. The molecule has 0 unspecified atom stereocenters. The van der Waals surface area contributed by atoms with E-state index in [0.29, 0.717) is 25.6 Å². The first kappa shape index (κ1) is 17.9. The summed E-state index contributed by atoms with van der Waals surface area (Å²) < 4.78 is 19.2. The van der Waals surface area contributed by atoms with Crippen molar-refractivity contribution in [2.75, 3.05) is 39.3 Å². The molecule has 0 spiro atoms. The van der Waals surface area contributed by atoms with Crippen LogP contribution in [0, 0.1) is 11.7 Å². The number of ether oxygens (including phenoxy) is 1. The zero-order chi connectivity index (χ0) is 17.6. The third kappa shape index (κ3) is 4.80. The molecule has 2 aliphatic rings. The van der Waals surface area contributed by atoms with E-state index < -0.39 is 0 Å². The highest BCUT2D eigenvalue weighted by atomic mass is 19.1. The summed E-state index contributed by atoms with van der Waals surface area (Å²) in [6.07, 6.45) is 2.95. The summed E-state index contributed by atoms with van der Waals surface area (Å²) in [5.74, 6) is 0.165. The lowest BCUT2D eigenvalue weighted by Crippen LogP contribution is -2.51. The minimum Gasteiger partial charge on any atom is -0.375 e. The van der Waals surface area contributed by atoms with E-state index in [1.165, 1.54) is 12.1 Å². The van der Waals surface area contributed by atoms with Crippen molar-refractivity contribution in [1.29, 1.82) is 0 Å². The van der Waals surface area contributed by atoms with Gasteiger partial charge in [-0.2, -0.15) is 0 Å². The predicted octanol–water partition coefficient (Wildman–Crippen LogP) is 2.24. The number of nitrogens with one attached hydrogen (secondary N) is 1. The van der Waals surface area contributed by atoms with E-state index in [4.69, 9.17) is 4.74 Å². The normalized spacial score (nSPS) is 24.3. The number of fused-ring (bicyclic) bond motifs is 1. The highest BCUT2D eigenvalue weighted by Gasteiger charge is 2.34. The van der Waals surface area contributed by atoms with Gasteiger partial charge in [0, 0.05) is 45.2 Å². The number of rotatable bonds is 4. The molecule has 5 nitrogen and oxygen atoms in total. The zero-order valence-electron chi connectivity index (χ0n) is 14.5. The summed E-state index contributed by atoms with van der Waals surface area (Å²) in [5, 5.41) is 2.88. The number of halogens is 1. The van der Waals surface area contributed by atoms with Crippen LogP contribution >= 0.6 is 0 Å². The van der Waals surface area contributed by atoms with E-state index >= 15 is 0 Å². The molecule has 25 heavy (non-hydrogen) atoms. The Morgan fingerprint density at radius 2 is 2.28 bits per heavy atom. The van der Waals surface area contributed by atoms with Crippen molar-refractivity contribution in [2.24, 2.45) is 5.92 Å². The molecule has 2 heterocycles. The Balaban J connectivity index is 1.51. The maximum absolute atomic E-state index is 13.2. The van der Waals surface area contributed by atoms with E-state index in [2.05, 4.69) is 16.8 Å². The van der Waals surface area contributed by atoms with Gasteiger partial charge in [-0.3, -0.25) is 4.90 Å². The van der Waals surface area contributed by atoms with Crippen molar-refractivity contribution < 1.29 is 13.9 Å². The van der Waals surface area contributed by atoms with Crippen molar-refractivity contribution in [3.05, 3.63) is 48.3 Å². The van der Waals surface area contributed by atoms with Gasteiger partial charge in [-0.15, -0.1) is 6.58 Å². The summed E-state index contributed by atoms with van der Waals surface area (Å²) in [6, 6.07) is 6.18. The topological polar surface area (TPSA) is 44.8 Å². The molecule has 2 fully saturated rings. The Morgan fingerprint density at radius 1 is 1.40 bits per heavy atom. The minimum absolute atomic E-state index is 0.0866. The minimum atomic E-state index is -0.288. The number of piperidine rings is 1. The van der Waals surface area contributed by atoms with Gasteiger partial charge in [-0.1, -0.05) is 18.2 Å². The van der Waals surface area contributed by atoms with Crippen LogP contribution in [0.4, 0.5) is 9.18 Å². The monoisotopic (exact) mass is 347 g/mol. The molecule has 1 aromatic carbocycles. The molecular formula is C19H26FN3O2. The second-order valence-corrected chi connectivity index (χ2v) is 6.74. The Kier molecular flexibility index (Phi) is 6.04. The fourth-order valence-corrected chi connectivity index (χ4v) is 3.59. The van der Waals surface area contributed by atoms with Crippen LogP contribution in [-0.4, -0.2) is 61.3 Å². The fourth-order valence-electron chi connectivity index (χ4n) is 3.59. The number of benzene rings is 1. The van der Waals surface area contributed by atoms with Crippen molar-refractivity contribution in [3.63, 3.8) is 0 Å². The maximum atomic E-state index is 13.2. The van der Waals surface area contributed by atoms with E-state index in [0.717, 1.165) is 38.2 Å². The molecule has 2 saturated heterocycles. The molecule has 0 aromatic heterocycles. The lowest BCUT2D eigenvalue weighted by atomic mass is 9.93. The van der Waals surface area contributed by atoms with Gasteiger partial charge in [0.05, 0.1) is 12.7 Å². The van der Waals surface area contributed by atoms with Gasteiger partial charge in [0.25, 0.3) is 0 Å². The first-order chi connectivity index (χ1) is 12.2. The summed E-state index contributed by atoms with van der Waals surface area (Å²) in [5.41, 5.74) is 0.758. The largest absolute Gasteiger partial charge is 0.375 e. The smallest absolute Gasteiger partial charge is 0.317 e. The van der Waals surface area contributed by atoms with Crippen LogP contribution in [0.2, 0.25) is 0 Å². The maximum Gasteiger partial charge on any atom is 0.317 e. The molecule has 3 rings (SSSR count). The molecule has 1 aromatic rings. The van der Waals surface area contributed by atoms with Crippen molar-refractivity contribution in [3.8, 4) is 0 Å². The van der Waals surface area contributed by atoms with E-state index in [9.17, 15) is 9.18 Å². The SMILES string of the molecule is C=CCN1CCO[C@H]2CN(C(=O)NCc3cccc(F)c3)CC[C@H]2C1. The molecule has 136 valence electrons. The quantitative estimate of drug-likeness (QED) is 0.850. The average molecular weight is 347 g/mol. The number of carbonyl (C=O) groups excluding carboxylic acids is 1. The average Bonchev–Trinajstić information content (AvgIpc) is 2.81. The summed E-state index contributed by atoms with van der Waals surface area (Å²) in [4.78, 5) is 16.6. The van der Waals surface area contributed by atoms with Crippen LogP contribution in [-0.2, 0) is 11.3 Å². The number of urea groups is 1. The van der Waals surface area contributed by atoms with Crippen LogP contribution in [0.15, 0.2) is 36.9 Å². The number of nitrogens with zero attached hydrogens (tertiary/aromatic N) is 2. The van der Waals surface area contributed by atoms with Gasteiger partial charge in [0.15, 0.2) is 0 Å². The molecule has 2 aliphatic heterocycles. The van der Waals surface area contributed by atoms with Crippen molar-refractivity contribution in [2.45, 2.75) is 19.1 Å². The number of amides is 2. The summed E-state index contributed by atoms with van der Waals surface area (Å²) in [7, 11) is 0. The molecule has 2 amide bonds. The first-order valence-electron chi connectivity index (χ1n) is 8.88. The molecule has 0 bridgehead atoms. The molecule has 0 saturated carbocycles. The van der Waals surface area contributed by atoms with Gasteiger partial charge in [-0.25, -0.2) is 9.18 Å². The van der Waals surface area contributed by atoms with Gasteiger partial charge in [0.2, 0.25) is 0 Å².